The van der Waals surface area contributed by atoms with Crippen molar-refractivity contribution in [1.29, 1.82) is 0 Å². The maximum absolute atomic E-state index is 12.3. The van der Waals surface area contributed by atoms with Crippen LogP contribution in [0.25, 0.3) is 5.70 Å². The number of imide groups is 1. The Labute approximate surface area is 187 Å². The molecule has 0 radical (unpaired) electrons. The molecule has 0 bridgehead atoms. The lowest BCUT2D eigenvalue weighted by Gasteiger charge is -2.50. The fourth-order valence-corrected chi connectivity index (χ4v) is 4.92. The highest BCUT2D eigenvalue weighted by atomic mass is 16.2. The molecular formula is C26H39N3O2. The third-order valence-electron chi connectivity index (χ3n) is 7.12. The Morgan fingerprint density at radius 3 is 2.61 bits per heavy atom. The summed E-state index contributed by atoms with van der Waals surface area (Å²) >= 11 is 0. The Hall–Kier alpha value is -2.30. The van der Waals surface area contributed by atoms with Crippen molar-refractivity contribution in [1.82, 2.24) is 10.2 Å². The number of fused-ring (bicyclic) bond motifs is 1. The fraction of sp³-hybridized carbons (Fsp3) is 0.615. The van der Waals surface area contributed by atoms with Crippen molar-refractivity contribution in [3.8, 4) is 0 Å². The van der Waals surface area contributed by atoms with Crippen LogP contribution in [-0.2, 0) is 16.1 Å². The Morgan fingerprint density at radius 2 is 1.97 bits per heavy atom. The number of rotatable bonds is 6. The van der Waals surface area contributed by atoms with E-state index in [0.717, 1.165) is 30.3 Å². The minimum Gasteiger partial charge on any atom is -0.370 e. The lowest BCUT2D eigenvalue weighted by molar-refractivity contribution is -0.136. The van der Waals surface area contributed by atoms with Crippen LogP contribution >= 0.6 is 0 Å². The van der Waals surface area contributed by atoms with Crippen LogP contribution in [0.15, 0.2) is 24.8 Å². The number of piperidine rings is 1. The molecule has 1 aromatic carbocycles. The number of carbonyl (C=O) groups excluding carboxylic acids is 2. The molecule has 0 saturated carbocycles. The molecule has 3 heterocycles. The molecule has 2 fully saturated rings. The van der Waals surface area contributed by atoms with Gasteiger partial charge in [-0.15, -0.1) is 0 Å². The first-order valence-electron chi connectivity index (χ1n) is 12.0. The molecule has 2 amide bonds. The van der Waals surface area contributed by atoms with Gasteiger partial charge in [-0.05, 0) is 36.5 Å². The predicted molar refractivity (Wildman–Crippen MR) is 128 cm³/mol. The summed E-state index contributed by atoms with van der Waals surface area (Å²) in [5.74, 6) is 0.436. The van der Waals surface area contributed by atoms with E-state index in [-0.39, 0.29) is 17.9 Å². The first kappa shape index (κ1) is 23.4. The van der Waals surface area contributed by atoms with Crippen LogP contribution in [-0.4, -0.2) is 35.8 Å². The summed E-state index contributed by atoms with van der Waals surface area (Å²) in [7, 11) is 0. The highest BCUT2D eigenvalue weighted by Crippen LogP contribution is 2.42. The monoisotopic (exact) mass is 425 g/mol. The summed E-state index contributed by atoms with van der Waals surface area (Å²) in [6.07, 6.45) is 4.82. The van der Waals surface area contributed by atoms with Crippen molar-refractivity contribution in [3.63, 3.8) is 0 Å². The van der Waals surface area contributed by atoms with E-state index < -0.39 is 0 Å². The first-order valence-corrected chi connectivity index (χ1v) is 12.0. The maximum Gasteiger partial charge on any atom is 0.249 e. The van der Waals surface area contributed by atoms with Crippen molar-refractivity contribution in [2.75, 3.05) is 18.0 Å². The first-order chi connectivity index (χ1) is 14.8. The number of anilines is 1. The summed E-state index contributed by atoms with van der Waals surface area (Å²) in [6.45, 7) is 18.2. The summed E-state index contributed by atoms with van der Waals surface area (Å²) in [4.78, 5) is 28.3. The summed E-state index contributed by atoms with van der Waals surface area (Å²) < 4.78 is 0. The van der Waals surface area contributed by atoms with Crippen LogP contribution in [0.3, 0.4) is 0 Å². The normalized spacial score (nSPS) is 22.9. The van der Waals surface area contributed by atoms with Crippen molar-refractivity contribution in [3.05, 3.63) is 35.9 Å². The molecule has 1 aromatic rings. The summed E-state index contributed by atoms with van der Waals surface area (Å²) in [5.41, 5.74) is 4.93. The Kier molecular flexibility index (Phi) is 7.13. The topological polar surface area (TPSA) is 52.6 Å². The van der Waals surface area contributed by atoms with Crippen molar-refractivity contribution < 1.29 is 9.59 Å². The molecule has 3 aliphatic heterocycles. The van der Waals surface area contributed by atoms with Gasteiger partial charge in [0.15, 0.2) is 0 Å². The number of hydrogen-bond donors (Lipinski definition) is 1. The van der Waals surface area contributed by atoms with Crippen LogP contribution < -0.4 is 10.2 Å². The Bertz CT molecular complexity index is 841. The van der Waals surface area contributed by atoms with Gasteiger partial charge in [-0.25, -0.2) is 0 Å². The molecule has 0 spiro atoms. The molecule has 3 aliphatic rings. The van der Waals surface area contributed by atoms with Gasteiger partial charge in [0.1, 0.15) is 6.04 Å². The van der Waals surface area contributed by atoms with Crippen LogP contribution in [0.2, 0.25) is 0 Å². The largest absolute Gasteiger partial charge is 0.370 e. The van der Waals surface area contributed by atoms with Crippen molar-refractivity contribution in [2.45, 2.75) is 79.3 Å². The molecule has 170 valence electrons. The smallest absolute Gasteiger partial charge is 0.249 e. The number of carbonyl (C=O) groups is 2. The second kappa shape index (κ2) is 9.46. The molecular weight excluding hydrogens is 386 g/mol. The number of amides is 2. The second-order valence-electron chi connectivity index (χ2n) is 9.60. The zero-order valence-corrected chi connectivity index (χ0v) is 20.0. The molecule has 2 saturated heterocycles. The van der Waals surface area contributed by atoms with E-state index >= 15 is 0 Å². The number of nitrogens with zero attached hydrogens (tertiary/aromatic N) is 2. The minimum absolute atomic E-state index is 0.176. The van der Waals surface area contributed by atoms with E-state index in [0.29, 0.717) is 24.8 Å². The molecule has 5 nitrogen and oxygen atoms in total. The molecule has 2 unspecified atom stereocenters. The lowest BCUT2D eigenvalue weighted by Crippen LogP contribution is -2.55. The molecule has 5 heteroatoms. The average Bonchev–Trinajstić information content (AvgIpc) is 3.07. The molecule has 0 aromatic heterocycles. The fourth-order valence-electron chi connectivity index (χ4n) is 4.92. The van der Waals surface area contributed by atoms with Gasteiger partial charge in [-0.3, -0.25) is 14.9 Å². The Balaban J connectivity index is 0.00000132. The lowest BCUT2D eigenvalue weighted by atomic mass is 9.76. The molecule has 4 rings (SSSR count). The van der Waals surface area contributed by atoms with E-state index in [1.807, 2.05) is 13.8 Å². The average molecular weight is 426 g/mol. The zero-order valence-electron chi connectivity index (χ0n) is 20.0. The van der Waals surface area contributed by atoms with Crippen molar-refractivity contribution >= 4 is 23.2 Å². The van der Waals surface area contributed by atoms with E-state index in [1.165, 1.54) is 30.5 Å². The van der Waals surface area contributed by atoms with E-state index in [2.05, 4.69) is 60.7 Å². The minimum atomic E-state index is -0.302. The molecule has 1 N–H and O–H groups in total. The zero-order chi connectivity index (χ0) is 22.8. The van der Waals surface area contributed by atoms with Crippen LogP contribution in [0.4, 0.5) is 5.69 Å². The molecule has 0 aliphatic carbocycles. The predicted octanol–water partition coefficient (Wildman–Crippen LogP) is 4.96. The summed E-state index contributed by atoms with van der Waals surface area (Å²) in [5, 5.41) is 2.47. The van der Waals surface area contributed by atoms with Gasteiger partial charge in [0, 0.05) is 48.4 Å². The molecule has 2 atom stereocenters. The van der Waals surface area contributed by atoms with E-state index in [1.54, 1.807) is 0 Å². The highest BCUT2D eigenvalue weighted by Gasteiger charge is 2.40. The summed E-state index contributed by atoms with van der Waals surface area (Å²) in [6, 6.07) is 6.30. The second-order valence-corrected chi connectivity index (χ2v) is 9.60. The van der Waals surface area contributed by atoms with E-state index in [9.17, 15) is 9.59 Å². The van der Waals surface area contributed by atoms with Gasteiger partial charge < -0.3 is 9.80 Å². The van der Waals surface area contributed by atoms with Crippen LogP contribution in [0.1, 0.15) is 77.8 Å². The van der Waals surface area contributed by atoms with E-state index in [4.69, 9.17) is 0 Å². The third-order valence-corrected chi connectivity index (χ3v) is 7.12. The van der Waals surface area contributed by atoms with Gasteiger partial charge in [0.25, 0.3) is 0 Å². The number of benzene rings is 1. The van der Waals surface area contributed by atoms with Gasteiger partial charge >= 0.3 is 0 Å². The van der Waals surface area contributed by atoms with Gasteiger partial charge in [0.2, 0.25) is 11.8 Å². The van der Waals surface area contributed by atoms with Gasteiger partial charge in [-0.2, -0.15) is 0 Å². The third kappa shape index (κ3) is 4.81. The number of hydrogen-bond acceptors (Lipinski definition) is 4. The SMILES string of the molecule is C=C1c2ccc(N3CC(C)(CCC(C)CC)C3)cc2CN1C1CCC(=O)NC1=O.CC. The maximum atomic E-state index is 12.3. The highest BCUT2D eigenvalue weighted by molar-refractivity contribution is 6.01. The number of nitrogens with one attached hydrogen (secondary N) is 1. The van der Waals surface area contributed by atoms with Gasteiger partial charge in [-0.1, -0.05) is 60.1 Å². The quantitative estimate of drug-likeness (QED) is 0.655. The van der Waals surface area contributed by atoms with Crippen LogP contribution in [0.5, 0.6) is 0 Å². The van der Waals surface area contributed by atoms with Crippen LogP contribution in [0, 0.1) is 11.3 Å². The van der Waals surface area contributed by atoms with Crippen molar-refractivity contribution in [2.24, 2.45) is 11.3 Å². The Morgan fingerprint density at radius 1 is 1.26 bits per heavy atom. The molecule has 31 heavy (non-hydrogen) atoms. The van der Waals surface area contributed by atoms with Gasteiger partial charge in [0.05, 0.1) is 0 Å². The standard InChI is InChI=1S/C24H33N3O2.C2H6/c1-5-16(2)10-11-24(4)14-26(15-24)19-6-7-20-17(3)27(13-18(20)12-19)21-8-9-22(28)25-23(21)29;1-2/h6-7,12,16,21H,3,5,8-11,13-15H2,1-2,4H3,(H,25,28,29);1-2H3.